The van der Waals surface area contributed by atoms with Crippen LogP contribution in [0.3, 0.4) is 0 Å². The van der Waals surface area contributed by atoms with Crippen LogP contribution in [0.5, 0.6) is 0 Å². The summed E-state index contributed by atoms with van der Waals surface area (Å²) in [6.07, 6.45) is -0.820. The molecule has 0 aromatic rings. The molecule has 0 aliphatic heterocycles. The second kappa shape index (κ2) is 9.22. The number of carbonyl (C=O) groups is 2. The van der Waals surface area contributed by atoms with Gasteiger partial charge >= 0.3 is 11.9 Å². The Hall–Kier alpha value is -2.02. The molecule has 7 heteroatoms. The topological polar surface area (TPSA) is 124 Å². The first-order valence-electron chi connectivity index (χ1n) is 4.57. The first kappa shape index (κ1) is 17.4. The zero-order chi connectivity index (χ0) is 14.0. The third-order valence-corrected chi connectivity index (χ3v) is 1.29. The van der Waals surface area contributed by atoms with Crippen LogP contribution in [-0.2, 0) is 14.3 Å². The highest BCUT2D eigenvalue weighted by Crippen LogP contribution is 1.98. The van der Waals surface area contributed by atoms with Crippen molar-refractivity contribution in [2.24, 2.45) is 0 Å². The molecule has 98 valence electrons. The highest BCUT2D eigenvalue weighted by atomic mass is 16.6. The molecule has 0 aliphatic carbocycles. The first-order valence-corrected chi connectivity index (χ1v) is 4.57. The van der Waals surface area contributed by atoms with Crippen molar-refractivity contribution in [2.45, 2.75) is 26.6 Å². The Kier molecular flexibility index (Phi) is 9.43. The summed E-state index contributed by atoms with van der Waals surface area (Å²) in [4.78, 5) is 20.1. The Morgan fingerprint density at radius 2 is 1.82 bits per heavy atom. The van der Waals surface area contributed by atoms with Crippen LogP contribution in [0.4, 0.5) is 0 Å². The normalized spacial score (nSPS) is 11.8. The van der Waals surface area contributed by atoms with E-state index in [0.29, 0.717) is 0 Å². The number of aliphatic hydroxyl groups is 3. The number of hydrogen-bond donors (Lipinski definition) is 4. The molecule has 0 amide bonds. The van der Waals surface area contributed by atoms with Crippen LogP contribution < -0.4 is 0 Å². The third kappa shape index (κ3) is 10.3. The average Bonchev–Trinajstić information content (AvgIpc) is 2.28. The summed E-state index contributed by atoms with van der Waals surface area (Å²) in [6, 6.07) is 0. The molecule has 17 heavy (non-hydrogen) atoms. The van der Waals surface area contributed by atoms with Crippen LogP contribution in [0, 0.1) is 0 Å². The maximum atomic E-state index is 10.5. The van der Waals surface area contributed by atoms with Crippen molar-refractivity contribution in [3.63, 3.8) is 0 Å². The molecule has 0 aromatic heterocycles. The van der Waals surface area contributed by atoms with E-state index in [2.05, 4.69) is 11.3 Å². The van der Waals surface area contributed by atoms with Gasteiger partial charge in [0.2, 0.25) is 12.0 Å². The zero-order valence-corrected chi connectivity index (χ0v) is 9.58. The van der Waals surface area contributed by atoms with E-state index < -0.39 is 24.0 Å². The maximum absolute atomic E-state index is 10.5. The zero-order valence-electron chi connectivity index (χ0n) is 9.58. The minimum atomic E-state index is -1.25. The summed E-state index contributed by atoms with van der Waals surface area (Å²) >= 11 is 0. The quantitative estimate of drug-likeness (QED) is 0.252. The van der Waals surface area contributed by atoms with Crippen LogP contribution in [0.1, 0.15) is 20.3 Å². The monoisotopic (exact) mass is 248 g/mol. The molecule has 0 saturated carbocycles. The second-order valence-corrected chi connectivity index (χ2v) is 2.87. The van der Waals surface area contributed by atoms with Crippen molar-refractivity contribution in [3.8, 4) is 0 Å². The third-order valence-electron chi connectivity index (χ3n) is 1.29. The van der Waals surface area contributed by atoms with Gasteiger partial charge in [-0.05, 0) is 6.92 Å². The fourth-order valence-electron chi connectivity index (χ4n) is 0.320. The van der Waals surface area contributed by atoms with Gasteiger partial charge in [-0.3, -0.25) is 0 Å². The first-order chi connectivity index (χ1) is 7.76. The van der Waals surface area contributed by atoms with Crippen molar-refractivity contribution in [2.75, 3.05) is 0 Å². The van der Waals surface area contributed by atoms with Gasteiger partial charge in [-0.1, -0.05) is 13.5 Å². The molecule has 0 aromatic carbocycles. The van der Waals surface area contributed by atoms with Crippen molar-refractivity contribution < 1.29 is 34.8 Å². The molecule has 1 unspecified atom stereocenters. The van der Waals surface area contributed by atoms with E-state index in [0.717, 1.165) is 0 Å². The van der Waals surface area contributed by atoms with Crippen LogP contribution in [0.15, 0.2) is 24.2 Å². The molecule has 0 radical (unpaired) electrons. The highest BCUT2D eigenvalue weighted by molar-refractivity contribution is 5.85. The highest BCUT2D eigenvalue weighted by Gasteiger charge is 2.12. The molecule has 0 fully saturated rings. The summed E-state index contributed by atoms with van der Waals surface area (Å²) in [5.74, 6) is -3.02. The lowest BCUT2D eigenvalue weighted by atomic mass is 10.4. The summed E-state index contributed by atoms with van der Waals surface area (Å²) in [6.45, 7) is 6.20. The lowest BCUT2D eigenvalue weighted by Crippen LogP contribution is -2.17. The number of carboxylic acid groups (broad SMARTS) is 1. The number of hydrogen-bond acceptors (Lipinski definition) is 6. The average molecular weight is 248 g/mol. The summed E-state index contributed by atoms with van der Waals surface area (Å²) in [7, 11) is 0. The number of esters is 1. The summed E-state index contributed by atoms with van der Waals surface area (Å²) in [5, 5.41) is 33.2. The molecule has 4 N–H and O–H groups in total. The van der Waals surface area contributed by atoms with Crippen molar-refractivity contribution in [1.82, 2.24) is 0 Å². The van der Waals surface area contributed by atoms with Crippen molar-refractivity contribution in [1.29, 1.82) is 0 Å². The van der Waals surface area contributed by atoms with Crippen molar-refractivity contribution >= 4 is 11.9 Å². The molecule has 0 saturated heterocycles. The Morgan fingerprint density at radius 3 is 2.06 bits per heavy atom. The summed E-state index contributed by atoms with van der Waals surface area (Å²) < 4.78 is 4.19. The molecule has 0 heterocycles. The van der Waals surface area contributed by atoms with Gasteiger partial charge in [0, 0.05) is 12.0 Å². The number of ether oxygens (including phenoxy) is 1. The van der Waals surface area contributed by atoms with E-state index in [4.69, 9.17) is 20.4 Å². The standard InChI is InChI=1S/C6H10O5.C4H6O2/c1-2-5(9)11-6(10)4(8)3-7;1-3(2)4(5)6/h3,5,7-9H,2H2,1H3;1H2,2H3,(H,5,6)/b4-3-;. The molecule has 0 rings (SSSR count). The number of carbonyl (C=O) groups excluding carboxylic acids is 1. The molecular formula is C10H16O7. The SMILES string of the molecule is C=C(C)C(=O)O.CCC(O)OC(=O)/C(O)=C/O. The smallest absolute Gasteiger partial charge is 0.378 e. The predicted octanol–water partition coefficient (Wildman–Crippen LogP) is 0.863. The van der Waals surface area contributed by atoms with Crippen LogP contribution in [0.25, 0.3) is 0 Å². The molecule has 0 bridgehead atoms. The number of rotatable bonds is 4. The number of aliphatic carboxylic acids is 1. The lowest BCUT2D eigenvalue weighted by Gasteiger charge is -2.07. The van der Waals surface area contributed by atoms with Gasteiger partial charge in [0.05, 0.1) is 0 Å². The Morgan fingerprint density at radius 1 is 1.41 bits per heavy atom. The van der Waals surface area contributed by atoms with Crippen molar-refractivity contribution in [3.05, 3.63) is 24.2 Å². The largest absolute Gasteiger partial charge is 0.511 e. The summed E-state index contributed by atoms with van der Waals surface area (Å²) in [5.41, 5.74) is 0.176. The number of aliphatic hydroxyl groups excluding tert-OH is 3. The minimum Gasteiger partial charge on any atom is -0.511 e. The fourth-order valence-corrected chi connectivity index (χ4v) is 0.320. The van der Waals surface area contributed by atoms with Gasteiger partial charge in [0.15, 0.2) is 0 Å². The lowest BCUT2D eigenvalue weighted by molar-refractivity contribution is -0.166. The Balaban J connectivity index is 0. The van der Waals surface area contributed by atoms with Crippen LogP contribution in [-0.4, -0.2) is 38.7 Å². The molecule has 1 atom stereocenters. The van der Waals surface area contributed by atoms with Gasteiger partial charge < -0.3 is 25.2 Å². The van der Waals surface area contributed by atoms with Gasteiger partial charge in [-0.2, -0.15) is 0 Å². The number of carboxylic acids is 1. The van der Waals surface area contributed by atoms with Gasteiger partial charge in [-0.25, -0.2) is 9.59 Å². The van der Waals surface area contributed by atoms with E-state index in [-0.39, 0.29) is 18.3 Å². The minimum absolute atomic E-state index is 0.176. The Labute approximate surface area is 98.3 Å². The van der Waals surface area contributed by atoms with E-state index in [1.807, 2.05) is 0 Å². The molecular weight excluding hydrogens is 232 g/mol. The molecule has 0 spiro atoms. The van der Waals surface area contributed by atoms with Gasteiger partial charge in [-0.15, -0.1) is 0 Å². The maximum Gasteiger partial charge on any atom is 0.378 e. The second-order valence-electron chi connectivity index (χ2n) is 2.87. The molecule has 0 aliphatic rings. The van der Waals surface area contributed by atoms with E-state index in [1.54, 1.807) is 6.92 Å². The predicted molar refractivity (Wildman–Crippen MR) is 58.2 cm³/mol. The van der Waals surface area contributed by atoms with E-state index in [1.165, 1.54) is 6.92 Å². The van der Waals surface area contributed by atoms with Crippen LogP contribution in [0.2, 0.25) is 0 Å². The van der Waals surface area contributed by atoms with E-state index in [9.17, 15) is 9.59 Å². The Bertz CT molecular complexity index is 294. The van der Waals surface area contributed by atoms with Crippen LogP contribution >= 0.6 is 0 Å². The van der Waals surface area contributed by atoms with E-state index >= 15 is 0 Å². The molecule has 7 nitrogen and oxygen atoms in total. The van der Waals surface area contributed by atoms with Gasteiger partial charge in [0.1, 0.15) is 6.26 Å². The fraction of sp³-hybridized carbons (Fsp3) is 0.400. The van der Waals surface area contributed by atoms with Gasteiger partial charge in [0.25, 0.3) is 0 Å².